The zero-order valence-electron chi connectivity index (χ0n) is 15.3. The molecule has 0 bridgehead atoms. The van der Waals surface area contributed by atoms with E-state index in [1.807, 2.05) is 6.26 Å². The summed E-state index contributed by atoms with van der Waals surface area (Å²) in [5, 5.41) is 19.6. The number of ketones is 1. The van der Waals surface area contributed by atoms with Gasteiger partial charge in [0.15, 0.2) is 10.1 Å². The van der Waals surface area contributed by atoms with E-state index < -0.39 is 5.92 Å². The number of carbonyl (C=O) groups is 1. The van der Waals surface area contributed by atoms with Crippen LogP contribution in [0.15, 0.2) is 45.2 Å². The lowest BCUT2D eigenvalue weighted by molar-refractivity contribution is -0.116. The summed E-state index contributed by atoms with van der Waals surface area (Å²) in [6.45, 7) is 0. The fourth-order valence-electron chi connectivity index (χ4n) is 3.73. The highest BCUT2D eigenvalue weighted by Crippen LogP contribution is 2.49. The molecule has 0 saturated heterocycles. The average molecular weight is 464 g/mol. The van der Waals surface area contributed by atoms with Gasteiger partial charge in [-0.2, -0.15) is 5.26 Å². The van der Waals surface area contributed by atoms with Crippen molar-refractivity contribution < 1.29 is 4.79 Å². The number of hydrogen-bond donors (Lipinski definition) is 1. The first kappa shape index (κ1) is 20.2. The number of anilines is 1. The lowest BCUT2D eigenvalue weighted by Gasteiger charge is -2.38. The quantitative estimate of drug-likeness (QED) is 0.648. The van der Waals surface area contributed by atoms with Crippen molar-refractivity contribution in [1.82, 2.24) is 10.2 Å². The van der Waals surface area contributed by atoms with Gasteiger partial charge in [-0.25, -0.2) is 0 Å². The van der Waals surface area contributed by atoms with Gasteiger partial charge in [0.1, 0.15) is 5.82 Å². The number of benzene rings is 1. The van der Waals surface area contributed by atoms with E-state index in [1.165, 1.54) is 23.1 Å². The van der Waals surface area contributed by atoms with Crippen molar-refractivity contribution >= 4 is 57.2 Å². The van der Waals surface area contributed by atoms with Crippen molar-refractivity contribution in [3.63, 3.8) is 0 Å². The third-order valence-corrected chi connectivity index (χ3v) is 7.68. The molecule has 148 valence electrons. The molecular formula is C19H15Cl2N5OS2. The molecule has 10 heteroatoms. The lowest BCUT2D eigenvalue weighted by Crippen LogP contribution is -2.38. The molecule has 6 nitrogen and oxygen atoms in total. The van der Waals surface area contributed by atoms with E-state index in [9.17, 15) is 10.1 Å². The number of hydrogen-bond acceptors (Lipinski definition) is 8. The molecule has 4 rings (SSSR count). The fourth-order valence-corrected chi connectivity index (χ4v) is 5.45. The molecule has 29 heavy (non-hydrogen) atoms. The maximum Gasteiger partial charge on any atom is 0.219 e. The van der Waals surface area contributed by atoms with Gasteiger partial charge in [-0.15, -0.1) is 10.2 Å². The van der Waals surface area contributed by atoms with Crippen molar-refractivity contribution in [3.8, 4) is 6.07 Å². The molecule has 2 N–H and O–H groups in total. The van der Waals surface area contributed by atoms with Gasteiger partial charge >= 0.3 is 0 Å². The van der Waals surface area contributed by atoms with Gasteiger partial charge in [0.05, 0.1) is 27.6 Å². The van der Waals surface area contributed by atoms with Crippen LogP contribution in [-0.2, 0) is 4.79 Å². The second-order valence-electron chi connectivity index (χ2n) is 6.51. The van der Waals surface area contributed by atoms with Gasteiger partial charge in [-0.05, 0) is 30.7 Å². The summed E-state index contributed by atoms with van der Waals surface area (Å²) in [4.78, 5) is 14.8. The predicted molar refractivity (Wildman–Crippen MR) is 116 cm³/mol. The number of Topliss-reactive ketones (excluding diaryl/α,β-unsaturated/α-hetero) is 1. The standard InChI is InChI=1S/C19H15Cl2N5OS2/c1-28-19-25-24-18(29-19)26-12-6-3-7-13(27)15(12)14(10(8-22)17(26)23)9-4-2-5-11(20)16(9)21/h2,4-5,14H,3,6-7,23H2,1H3. The van der Waals surface area contributed by atoms with Crippen LogP contribution in [0.2, 0.25) is 10.0 Å². The van der Waals surface area contributed by atoms with Crippen LogP contribution in [0.25, 0.3) is 0 Å². The van der Waals surface area contributed by atoms with Gasteiger partial charge in [0.2, 0.25) is 5.13 Å². The highest BCUT2D eigenvalue weighted by Gasteiger charge is 2.42. The van der Waals surface area contributed by atoms with Gasteiger partial charge in [-0.1, -0.05) is 58.4 Å². The Bertz CT molecular complexity index is 1120. The topological polar surface area (TPSA) is 95.9 Å². The van der Waals surface area contributed by atoms with Crippen LogP contribution in [0.1, 0.15) is 30.7 Å². The van der Waals surface area contributed by atoms with Crippen molar-refractivity contribution in [2.24, 2.45) is 5.73 Å². The second kappa shape index (κ2) is 8.00. The number of halogens is 2. The van der Waals surface area contributed by atoms with Crippen LogP contribution in [0.3, 0.4) is 0 Å². The number of allylic oxidation sites excluding steroid dienone is 3. The number of nitrogens with two attached hydrogens (primary N) is 1. The molecule has 1 aromatic carbocycles. The van der Waals surface area contributed by atoms with E-state index in [0.717, 1.165) is 10.0 Å². The second-order valence-corrected chi connectivity index (χ2v) is 9.31. The third-order valence-electron chi connectivity index (χ3n) is 4.97. The molecular weight excluding hydrogens is 449 g/mol. The Morgan fingerprint density at radius 1 is 1.34 bits per heavy atom. The highest BCUT2D eigenvalue weighted by atomic mass is 35.5. The number of aromatic nitrogens is 2. The van der Waals surface area contributed by atoms with Crippen LogP contribution in [0, 0.1) is 11.3 Å². The molecule has 1 aliphatic heterocycles. The molecule has 1 aromatic heterocycles. The monoisotopic (exact) mass is 463 g/mol. The van der Waals surface area contributed by atoms with Gasteiger partial charge in [0, 0.05) is 17.7 Å². The van der Waals surface area contributed by atoms with E-state index >= 15 is 0 Å². The number of rotatable bonds is 3. The van der Waals surface area contributed by atoms with Gasteiger partial charge < -0.3 is 5.73 Å². The third kappa shape index (κ3) is 3.32. The van der Waals surface area contributed by atoms with Crippen molar-refractivity contribution in [1.29, 1.82) is 5.26 Å². The molecule has 2 aliphatic rings. The molecule has 0 radical (unpaired) electrons. The normalized spacial score (nSPS) is 19.4. The Balaban J connectivity index is 1.98. The summed E-state index contributed by atoms with van der Waals surface area (Å²) in [6, 6.07) is 7.40. The first-order valence-electron chi connectivity index (χ1n) is 8.75. The van der Waals surface area contributed by atoms with E-state index in [4.69, 9.17) is 28.9 Å². The summed E-state index contributed by atoms with van der Waals surface area (Å²) in [7, 11) is 0. The summed E-state index contributed by atoms with van der Waals surface area (Å²) in [5.41, 5.74) is 8.62. The van der Waals surface area contributed by atoms with Crippen LogP contribution in [0.5, 0.6) is 0 Å². The summed E-state index contributed by atoms with van der Waals surface area (Å²) < 4.78 is 0.774. The van der Waals surface area contributed by atoms with Crippen molar-refractivity contribution in [3.05, 3.63) is 56.5 Å². The Hall–Kier alpha value is -2.05. The Kier molecular flexibility index (Phi) is 5.58. The molecule has 2 heterocycles. The first-order valence-corrected chi connectivity index (χ1v) is 11.5. The zero-order chi connectivity index (χ0) is 20.7. The Morgan fingerprint density at radius 3 is 2.83 bits per heavy atom. The Labute approximate surface area is 186 Å². The first-order chi connectivity index (χ1) is 14.0. The van der Waals surface area contributed by atoms with Crippen LogP contribution >= 0.6 is 46.3 Å². The Morgan fingerprint density at radius 2 is 2.14 bits per heavy atom. The molecule has 1 aliphatic carbocycles. The van der Waals surface area contributed by atoms with Crippen LogP contribution in [0.4, 0.5) is 5.13 Å². The van der Waals surface area contributed by atoms with Crippen molar-refractivity contribution in [2.45, 2.75) is 29.5 Å². The minimum absolute atomic E-state index is 0.0212. The minimum atomic E-state index is -0.654. The summed E-state index contributed by atoms with van der Waals surface area (Å²) in [6.07, 6.45) is 3.66. The predicted octanol–water partition coefficient (Wildman–Crippen LogP) is 4.87. The van der Waals surface area contributed by atoms with Crippen LogP contribution < -0.4 is 10.6 Å². The summed E-state index contributed by atoms with van der Waals surface area (Å²) >= 11 is 15.5. The number of nitrogens with zero attached hydrogens (tertiary/aromatic N) is 4. The average Bonchev–Trinajstić information content (AvgIpc) is 3.18. The number of nitriles is 1. The maximum atomic E-state index is 13.0. The highest BCUT2D eigenvalue weighted by molar-refractivity contribution is 8.00. The molecule has 0 fully saturated rings. The zero-order valence-corrected chi connectivity index (χ0v) is 18.4. The lowest BCUT2D eigenvalue weighted by atomic mass is 9.76. The van der Waals surface area contributed by atoms with Crippen LogP contribution in [-0.4, -0.2) is 22.2 Å². The molecule has 2 aromatic rings. The molecule has 0 saturated carbocycles. The minimum Gasteiger partial charge on any atom is -0.384 e. The number of thioether (sulfide) groups is 1. The van der Waals surface area contributed by atoms with E-state index in [-0.39, 0.29) is 17.2 Å². The maximum absolute atomic E-state index is 13.0. The fraction of sp³-hybridized carbons (Fsp3) is 0.263. The molecule has 0 amide bonds. The largest absolute Gasteiger partial charge is 0.384 e. The SMILES string of the molecule is CSc1nnc(N2C(N)=C(C#N)C(c3cccc(Cl)c3Cl)C3=C2CCCC3=O)s1. The number of carbonyl (C=O) groups excluding carboxylic acids is 1. The molecule has 0 spiro atoms. The van der Waals surface area contributed by atoms with Gasteiger partial charge in [-0.3, -0.25) is 9.69 Å². The smallest absolute Gasteiger partial charge is 0.219 e. The van der Waals surface area contributed by atoms with E-state index in [1.54, 1.807) is 23.1 Å². The van der Waals surface area contributed by atoms with Crippen molar-refractivity contribution in [2.75, 3.05) is 11.2 Å². The molecule has 1 atom stereocenters. The summed E-state index contributed by atoms with van der Waals surface area (Å²) in [5.74, 6) is -0.434. The van der Waals surface area contributed by atoms with E-state index in [2.05, 4.69) is 16.3 Å². The van der Waals surface area contributed by atoms with Gasteiger partial charge in [0.25, 0.3) is 0 Å². The van der Waals surface area contributed by atoms with E-state index in [0.29, 0.717) is 45.6 Å². The molecule has 1 unspecified atom stereocenters.